The fourth-order valence-corrected chi connectivity index (χ4v) is 4.48. The predicted octanol–water partition coefficient (Wildman–Crippen LogP) is 10.1. The van der Waals surface area contributed by atoms with Crippen molar-refractivity contribution in [1.82, 2.24) is 0 Å². The third-order valence-corrected chi connectivity index (χ3v) is 6.54. The van der Waals surface area contributed by atoms with Crippen LogP contribution in [0.2, 0.25) is 0 Å². The number of allylic oxidation sites excluding steroid dienone is 4. The van der Waals surface area contributed by atoms with Gasteiger partial charge < -0.3 is 4.90 Å². The van der Waals surface area contributed by atoms with Crippen LogP contribution in [-0.2, 0) is 0 Å². The molecule has 0 saturated carbocycles. The smallest absolute Gasteiger partial charge is 0.0488 e. The molecule has 0 atom stereocenters. The fourth-order valence-electron chi connectivity index (χ4n) is 4.48. The molecule has 1 nitrogen and oxygen atoms in total. The number of anilines is 2. The Hall–Kier alpha value is -4.88. The molecule has 0 spiro atoms. The molecule has 0 amide bonds. The molecule has 0 aliphatic carbocycles. The molecule has 5 rings (SSSR count). The van der Waals surface area contributed by atoms with Gasteiger partial charge in [0.15, 0.2) is 0 Å². The molecule has 5 aromatic rings. The summed E-state index contributed by atoms with van der Waals surface area (Å²) in [6, 6.07) is 42.4. The Kier molecular flexibility index (Phi) is 8.08. The average molecular weight is 490 g/mol. The lowest BCUT2D eigenvalue weighted by Crippen LogP contribution is -2.10. The average Bonchev–Trinajstić information content (AvgIpc) is 2.98. The van der Waals surface area contributed by atoms with E-state index >= 15 is 0 Å². The zero-order valence-electron chi connectivity index (χ0n) is 21.6. The largest absolute Gasteiger partial charge is 0.344 e. The number of rotatable bonds is 8. The first-order valence-corrected chi connectivity index (χ1v) is 12.9. The summed E-state index contributed by atoms with van der Waals surface area (Å²) < 4.78 is 0. The number of hydrogen-bond acceptors (Lipinski definition) is 1. The zero-order chi connectivity index (χ0) is 26.0. The molecular weight excluding hydrogens is 458 g/mol. The molecule has 0 radical (unpaired) electrons. The van der Waals surface area contributed by atoms with Crippen molar-refractivity contribution in [2.75, 3.05) is 11.9 Å². The highest BCUT2D eigenvalue weighted by atomic mass is 15.1. The van der Waals surface area contributed by atoms with Crippen LogP contribution < -0.4 is 4.90 Å². The van der Waals surface area contributed by atoms with E-state index in [0.717, 1.165) is 5.69 Å². The van der Waals surface area contributed by atoms with Crippen molar-refractivity contribution >= 4 is 46.5 Å². The van der Waals surface area contributed by atoms with Gasteiger partial charge in [-0.1, -0.05) is 152 Å². The Morgan fingerprint density at radius 1 is 0.421 bits per heavy atom. The van der Waals surface area contributed by atoms with Crippen LogP contribution in [0.1, 0.15) is 22.3 Å². The molecule has 184 valence electrons. The molecule has 5 aromatic carbocycles. The second kappa shape index (κ2) is 12.4. The molecular formula is C37H31N. The topological polar surface area (TPSA) is 3.24 Å². The highest BCUT2D eigenvalue weighted by molar-refractivity contribution is 6.00. The Morgan fingerprint density at radius 3 is 1.47 bits per heavy atom. The quantitative estimate of drug-likeness (QED) is 0.196. The highest BCUT2D eigenvalue weighted by Crippen LogP contribution is 2.33. The minimum Gasteiger partial charge on any atom is -0.344 e. The second-order valence-corrected chi connectivity index (χ2v) is 9.13. The lowest BCUT2D eigenvalue weighted by molar-refractivity contribution is 1.22. The molecule has 0 fully saturated rings. The van der Waals surface area contributed by atoms with Crippen molar-refractivity contribution < 1.29 is 0 Å². The molecule has 1 heteroatoms. The maximum Gasteiger partial charge on any atom is 0.0488 e. The maximum absolute atomic E-state index is 2.26. The summed E-state index contributed by atoms with van der Waals surface area (Å²) in [5.41, 5.74) is 7.12. The molecule has 0 aliphatic heterocycles. The summed E-state index contributed by atoms with van der Waals surface area (Å²) in [6.07, 6.45) is 16.9. The van der Waals surface area contributed by atoms with Crippen LogP contribution in [0.4, 0.5) is 11.4 Å². The van der Waals surface area contributed by atoms with E-state index in [-0.39, 0.29) is 0 Å². The SMILES string of the molecule is CN(c1ccc(C=CC=Cc2ccccc2)cc1)c1ccc(C=CC=Cc2ccccc2)c2ccccc12. The van der Waals surface area contributed by atoms with E-state index in [0.29, 0.717) is 0 Å². The molecule has 0 saturated heterocycles. The van der Waals surface area contributed by atoms with E-state index in [1.165, 1.54) is 38.7 Å². The number of benzene rings is 5. The van der Waals surface area contributed by atoms with Gasteiger partial charge >= 0.3 is 0 Å². The van der Waals surface area contributed by atoms with Crippen LogP contribution >= 0.6 is 0 Å². The van der Waals surface area contributed by atoms with Gasteiger partial charge in [-0.2, -0.15) is 0 Å². The normalized spacial score (nSPS) is 11.9. The van der Waals surface area contributed by atoms with Gasteiger partial charge in [0.2, 0.25) is 0 Å². The van der Waals surface area contributed by atoms with E-state index in [4.69, 9.17) is 0 Å². The highest BCUT2D eigenvalue weighted by Gasteiger charge is 2.10. The summed E-state index contributed by atoms with van der Waals surface area (Å²) in [5.74, 6) is 0. The summed E-state index contributed by atoms with van der Waals surface area (Å²) in [4.78, 5) is 2.26. The van der Waals surface area contributed by atoms with E-state index in [1.807, 2.05) is 12.1 Å². The number of fused-ring (bicyclic) bond motifs is 1. The molecule has 0 N–H and O–H groups in total. The van der Waals surface area contributed by atoms with Crippen molar-refractivity contribution in [1.29, 1.82) is 0 Å². The monoisotopic (exact) mass is 489 g/mol. The first-order chi connectivity index (χ1) is 18.8. The second-order valence-electron chi connectivity index (χ2n) is 9.13. The minimum absolute atomic E-state index is 1.15. The standard InChI is InChI=1S/C37H31N/c1-38(34-27-24-32(25-28-34)20-9-8-18-30-14-4-2-5-15-30)37-29-26-33(35-22-12-13-23-36(35)37)21-11-10-19-31-16-6-3-7-17-31/h2-29H,1H3. The van der Waals surface area contributed by atoms with Gasteiger partial charge in [0.25, 0.3) is 0 Å². The molecule has 38 heavy (non-hydrogen) atoms. The van der Waals surface area contributed by atoms with Gasteiger partial charge in [0.1, 0.15) is 0 Å². The Morgan fingerprint density at radius 2 is 0.895 bits per heavy atom. The summed E-state index contributed by atoms with van der Waals surface area (Å²) in [6.45, 7) is 0. The predicted molar refractivity (Wildman–Crippen MR) is 167 cm³/mol. The maximum atomic E-state index is 2.26. The Balaban J connectivity index is 1.32. The first-order valence-electron chi connectivity index (χ1n) is 12.9. The van der Waals surface area contributed by atoms with Crippen LogP contribution in [-0.4, -0.2) is 7.05 Å². The summed E-state index contributed by atoms with van der Waals surface area (Å²) in [5, 5.41) is 2.48. The van der Waals surface area contributed by atoms with Gasteiger partial charge in [-0.25, -0.2) is 0 Å². The third-order valence-electron chi connectivity index (χ3n) is 6.54. The molecule has 0 heterocycles. The minimum atomic E-state index is 1.15. The van der Waals surface area contributed by atoms with E-state index in [1.54, 1.807) is 0 Å². The van der Waals surface area contributed by atoms with Crippen LogP contribution in [0.15, 0.2) is 146 Å². The number of nitrogens with zero attached hydrogens (tertiary/aromatic N) is 1. The van der Waals surface area contributed by atoms with Gasteiger partial charge in [-0.3, -0.25) is 0 Å². The Labute approximate surface area is 226 Å². The van der Waals surface area contributed by atoms with Crippen molar-refractivity contribution in [3.8, 4) is 0 Å². The van der Waals surface area contributed by atoms with Crippen molar-refractivity contribution in [3.63, 3.8) is 0 Å². The van der Waals surface area contributed by atoms with Crippen LogP contribution in [0, 0.1) is 0 Å². The van der Waals surface area contributed by atoms with Crippen molar-refractivity contribution in [3.05, 3.63) is 168 Å². The Bertz CT molecular complexity index is 1590. The lowest BCUT2D eigenvalue weighted by atomic mass is 10.0. The third kappa shape index (κ3) is 6.27. The summed E-state index contributed by atoms with van der Waals surface area (Å²) in [7, 11) is 2.13. The fraction of sp³-hybridized carbons (Fsp3) is 0.0270. The van der Waals surface area contributed by atoms with Crippen LogP contribution in [0.3, 0.4) is 0 Å². The molecule has 0 aromatic heterocycles. The summed E-state index contributed by atoms with van der Waals surface area (Å²) >= 11 is 0. The van der Waals surface area contributed by atoms with Crippen molar-refractivity contribution in [2.24, 2.45) is 0 Å². The van der Waals surface area contributed by atoms with E-state index < -0.39 is 0 Å². The molecule has 0 aliphatic rings. The van der Waals surface area contributed by atoms with Gasteiger partial charge in [-0.05, 0) is 45.8 Å². The van der Waals surface area contributed by atoms with Gasteiger partial charge in [-0.15, -0.1) is 0 Å². The van der Waals surface area contributed by atoms with E-state index in [9.17, 15) is 0 Å². The van der Waals surface area contributed by atoms with Crippen LogP contribution in [0.5, 0.6) is 0 Å². The first kappa shape index (κ1) is 24.8. The van der Waals surface area contributed by atoms with Crippen molar-refractivity contribution in [2.45, 2.75) is 0 Å². The van der Waals surface area contributed by atoms with Gasteiger partial charge in [0.05, 0.1) is 0 Å². The van der Waals surface area contributed by atoms with Gasteiger partial charge in [0, 0.05) is 23.8 Å². The lowest BCUT2D eigenvalue weighted by Gasteiger charge is -2.22. The van der Waals surface area contributed by atoms with Crippen LogP contribution in [0.25, 0.3) is 35.1 Å². The zero-order valence-corrected chi connectivity index (χ0v) is 21.6. The number of hydrogen-bond donors (Lipinski definition) is 0. The molecule has 0 unspecified atom stereocenters. The molecule has 0 bridgehead atoms. The van der Waals surface area contributed by atoms with E-state index in [2.05, 4.69) is 170 Å².